The van der Waals surface area contributed by atoms with Gasteiger partial charge in [-0.25, -0.2) is 9.59 Å². The molecular weight excluding hydrogens is 1440 g/mol. The number of hydrogen-bond acceptors (Lipinski definition) is 15. The highest BCUT2D eigenvalue weighted by molar-refractivity contribution is 6.74. The smallest absolute Gasteiger partial charge is 0.409 e. The van der Waals surface area contributed by atoms with Crippen molar-refractivity contribution in [3.05, 3.63) is 58.7 Å². The van der Waals surface area contributed by atoms with Crippen molar-refractivity contribution in [2.75, 3.05) is 13.2 Å². The average molecular weight is 1590 g/mol. The van der Waals surface area contributed by atoms with E-state index in [1.807, 2.05) is 13.8 Å². The number of carbonyl (C=O) groups is 2. The number of hydrogen-bond donors (Lipinski definition) is 2. The minimum Gasteiger partial charge on any atom is -0.439 e. The lowest BCUT2D eigenvalue weighted by atomic mass is 9.41. The SMILES string of the molecule is C=C(C)[C@@H](O)[C@H]1C[C@@H](C)[C@H]2[C@H](O1)[C@H](O[Si](CC)(CC)CC)[C@@]1(C)[C@@H]3CC[C@H]4C(C)(C)C(O[C@H]5CCCCO5)CCC45C[C@@]35CC[C@]21C.C=C(C)[C@@H](OC(N)=O)[C@H]1C[C@@H](C)[C@H]2[C@H](O1)[C@H](O[Si](CC)(CC)CC)[C@@]1(C)[C@@H]3CC[C@H]4C(C)(C)C(O[C@H]5CCCCO5)CCC45C[C@@]35CC[C@]21C.O=C(Cl)Oc1ccc([N+](=O)[O-])cc1. The molecule has 4 unspecified atom stereocenters. The van der Waals surface area contributed by atoms with Crippen LogP contribution in [0.15, 0.2) is 48.6 Å². The van der Waals surface area contributed by atoms with Crippen LogP contribution in [-0.2, 0) is 42.0 Å². The average Bonchev–Trinajstić information content (AvgIpc) is 1.46. The van der Waals surface area contributed by atoms with E-state index in [4.69, 9.17) is 59.3 Å². The van der Waals surface area contributed by atoms with Crippen LogP contribution in [0.1, 0.15) is 266 Å². The molecule has 4 saturated heterocycles. The van der Waals surface area contributed by atoms with Gasteiger partial charge in [0.05, 0.1) is 53.8 Å². The Bertz CT molecular complexity index is 3490. The lowest BCUT2D eigenvalue weighted by Crippen LogP contribution is -2.61. The summed E-state index contributed by atoms with van der Waals surface area (Å²) in [7, 11) is -3.98. The third-order valence-electron chi connectivity index (χ3n) is 36.2. The Kier molecular flexibility index (Phi) is 24.1. The lowest BCUT2D eigenvalue weighted by Gasteiger charge is -2.64. The molecule has 620 valence electrons. The zero-order chi connectivity index (χ0) is 79.7. The number of benzene rings is 1. The number of rotatable bonds is 21. The summed E-state index contributed by atoms with van der Waals surface area (Å²) < 4.78 is 66.4. The Morgan fingerprint density at radius 2 is 0.991 bits per heavy atom. The maximum Gasteiger partial charge on any atom is 0.409 e. The van der Waals surface area contributed by atoms with Crippen LogP contribution in [0.25, 0.3) is 0 Å². The first kappa shape index (κ1) is 85.1. The van der Waals surface area contributed by atoms with E-state index >= 15 is 0 Å². The Morgan fingerprint density at radius 3 is 1.35 bits per heavy atom. The first-order chi connectivity index (χ1) is 51.9. The van der Waals surface area contributed by atoms with Gasteiger partial charge in [-0.1, -0.05) is 124 Å². The highest BCUT2D eigenvalue weighted by atomic mass is 35.5. The van der Waals surface area contributed by atoms with E-state index < -0.39 is 45.3 Å². The fourth-order valence-electron chi connectivity index (χ4n) is 30.0. The van der Waals surface area contributed by atoms with Crippen LogP contribution >= 0.6 is 11.6 Å². The summed E-state index contributed by atoms with van der Waals surface area (Å²) in [5.41, 5.74) is 8.40. The fraction of sp³-hybridized carbons (Fsp3) is 0.867. The van der Waals surface area contributed by atoms with Gasteiger partial charge in [0, 0.05) is 47.8 Å². The molecule has 20 heteroatoms. The molecule has 4 aliphatic heterocycles. The van der Waals surface area contributed by atoms with Gasteiger partial charge in [-0.2, -0.15) is 0 Å². The highest BCUT2D eigenvalue weighted by Gasteiger charge is 2.87. The van der Waals surface area contributed by atoms with Crippen molar-refractivity contribution in [3.8, 4) is 5.75 Å². The Hall–Kier alpha value is -2.80. The quantitative estimate of drug-likeness (QED) is 0.0292. The second-order valence-corrected chi connectivity index (χ2v) is 50.5. The minimum absolute atomic E-state index is 0.00467. The molecule has 10 saturated carbocycles. The number of amides is 1. The van der Waals surface area contributed by atoms with Crippen LogP contribution in [0.2, 0.25) is 36.3 Å². The number of fused-ring (bicyclic) bond motifs is 8. The van der Waals surface area contributed by atoms with Gasteiger partial charge >= 0.3 is 11.5 Å². The molecule has 0 bridgehead atoms. The Morgan fingerprint density at radius 1 is 0.591 bits per heavy atom. The van der Waals surface area contributed by atoms with Crippen molar-refractivity contribution in [1.29, 1.82) is 0 Å². The van der Waals surface area contributed by atoms with Crippen molar-refractivity contribution >= 4 is 45.4 Å². The number of nitro groups is 1. The zero-order valence-corrected chi connectivity index (χ0v) is 73.8. The van der Waals surface area contributed by atoms with E-state index in [1.165, 1.54) is 127 Å². The van der Waals surface area contributed by atoms with E-state index in [0.29, 0.717) is 75.1 Å². The van der Waals surface area contributed by atoms with Crippen molar-refractivity contribution in [2.24, 2.45) is 107 Å². The summed E-state index contributed by atoms with van der Waals surface area (Å²) in [5, 5.41) is 21.5. The van der Waals surface area contributed by atoms with Crippen molar-refractivity contribution in [2.45, 2.75) is 376 Å². The molecule has 1 aromatic rings. The van der Waals surface area contributed by atoms with Crippen molar-refractivity contribution in [1.82, 2.24) is 0 Å². The monoisotopic (exact) mass is 1580 g/mol. The zero-order valence-electron chi connectivity index (χ0n) is 71.0. The van der Waals surface area contributed by atoms with Crippen LogP contribution in [0.5, 0.6) is 5.75 Å². The summed E-state index contributed by atoms with van der Waals surface area (Å²) in [6, 6.07) is 11.9. The van der Waals surface area contributed by atoms with Gasteiger partial charge in [-0.3, -0.25) is 10.1 Å². The second-order valence-electron chi connectivity index (χ2n) is 40.7. The fourth-order valence-corrected chi connectivity index (χ4v) is 36.0. The minimum atomic E-state index is -2.02. The molecule has 0 aromatic heterocycles. The number of ether oxygens (including phenoxy) is 8. The first-order valence-electron chi connectivity index (χ1n) is 44.2. The predicted octanol–water partition coefficient (Wildman–Crippen LogP) is 21.8. The van der Waals surface area contributed by atoms with Gasteiger partial charge in [0.25, 0.3) is 5.69 Å². The van der Waals surface area contributed by atoms with Gasteiger partial charge in [0.15, 0.2) is 35.3 Å². The van der Waals surface area contributed by atoms with Crippen LogP contribution in [-0.4, -0.2) is 125 Å². The molecule has 1 aromatic carbocycles. The summed E-state index contributed by atoms with van der Waals surface area (Å²) in [4.78, 5) is 32.0. The number of non-ortho nitro benzene ring substituents is 1. The summed E-state index contributed by atoms with van der Waals surface area (Å²) >= 11 is 4.92. The predicted molar refractivity (Wildman–Crippen MR) is 436 cm³/mol. The summed E-state index contributed by atoms with van der Waals surface area (Å²) in [6.45, 7) is 54.0. The van der Waals surface area contributed by atoms with Crippen LogP contribution in [0.4, 0.5) is 15.3 Å². The molecule has 15 rings (SSSR count). The topological polar surface area (TPSA) is 216 Å². The maximum absolute atomic E-state index is 12.1. The van der Waals surface area contributed by atoms with Gasteiger partial charge in [-0.05, 0) is 305 Å². The van der Waals surface area contributed by atoms with E-state index in [1.54, 1.807) is 0 Å². The lowest BCUT2D eigenvalue weighted by molar-refractivity contribution is -0.384. The highest BCUT2D eigenvalue weighted by Crippen LogP contribution is 2.92. The number of aliphatic hydroxyl groups is 1. The normalized spacial score (nSPS) is 44.7. The molecule has 17 nitrogen and oxygen atoms in total. The van der Waals surface area contributed by atoms with E-state index in [0.717, 1.165) is 99.1 Å². The molecule has 10 aliphatic carbocycles. The molecule has 0 radical (unpaired) electrons. The van der Waals surface area contributed by atoms with E-state index in [-0.39, 0.29) is 99.2 Å². The number of nitrogens with zero attached hydrogens (tertiary/aromatic N) is 1. The Labute approximate surface area is 668 Å². The molecule has 1 amide bonds. The third kappa shape index (κ3) is 13.5. The van der Waals surface area contributed by atoms with Crippen molar-refractivity contribution < 1.29 is 66.4 Å². The molecule has 28 atom stereocenters. The van der Waals surface area contributed by atoms with Gasteiger partial charge in [0.2, 0.25) is 0 Å². The number of primary amides is 1. The van der Waals surface area contributed by atoms with E-state index in [9.17, 15) is 24.8 Å². The molecule has 4 spiro atoms. The summed E-state index contributed by atoms with van der Waals surface area (Å²) in [6.07, 6.45) is 25.0. The standard InChI is InChI=1S/C42H71NO6Si.C41H70O5Si.C7H4ClNO4/c1-11-50(12-2,13-3)49-36-35-33(27(6)24-28(46-35)34(26(4)5)48-37(43)44)39(9)21-22-42-25-41(42)20-19-31(47-32-16-14-15-23-45-32)38(7,8)29(41)17-18-30(42)40(36,39)10;1-11-47(12-2,13-3)46-36-35-33(27(6)24-28(44-35)34(42)26(4)5)38(9)21-22-41-25-40(41)20-19-31(45-32-16-14-15-23-43-32)37(7,8)29(40)17-18-30(41)39(36,38)10;8-7(10)13-6-3-1-5(2-4-6)9(11)12/h27-36H,4,11-25H2,1-3,5-10H3,(H2,43,44);27-36,42H,4,11-25H2,1-3,5-10H3;1-4H/t27-,28-,29+,30+,31?,32+,33+,34-,35+,36+,39-,40-,41?,42+;27-,28-,29+,30+,31?,32+,33+,34-,35+,36+,38-,39-,40?,41+;/m11./s1. The van der Waals surface area contributed by atoms with E-state index in [2.05, 4.69) is 129 Å². The second kappa shape index (κ2) is 31.2. The molecule has 14 aliphatic rings. The third-order valence-corrected chi connectivity index (χ3v) is 45.5. The van der Waals surface area contributed by atoms with Crippen LogP contribution in [0.3, 0.4) is 0 Å². The van der Waals surface area contributed by atoms with Gasteiger partial charge in [-0.15, -0.1) is 0 Å². The Balaban J connectivity index is 0.000000166. The molecule has 110 heavy (non-hydrogen) atoms. The maximum atomic E-state index is 12.1. The number of halogens is 1. The van der Waals surface area contributed by atoms with Crippen molar-refractivity contribution in [3.63, 3.8) is 0 Å². The summed E-state index contributed by atoms with van der Waals surface area (Å²) in [5.74, 6) is 4.59. The molecule has 4 heterocycles. The molecule has 3 N–H and O–H groups in total. The first-order valence-corrected chi connectivity index (χ1v) is 49.6. The number of carbonyl (C=O) groups excluding carboxylic acids is 2. The van der Waals surface area contributed by atoms with Crippen LogP contribution in [0, 0.1) is 112 Å². The molecule has 14 fully saturated rings. The molecular formula is C90H145ClN2O15Si2. The van der Waals surface area contributed by atoms with Crippen LogP contribution < -0.4 is 10.5 Å². The number of aliphatic hydroxyl groups excluding tert-OH is 1. The largest absolute Gasteiger partial charge is 0.439 e. The number of nitro benzene ring substituents is 1. The van der Waals surface area contributed by atoms with Gasteiger partial charge in [0.1, 0.15) is 11.9 Å². The number of nitrogens with two attached hydrogens (primary N) is 1. The van der Waals surface area contributed by atoms with Gasteiger partial charge < -0.3 is 57.6 Å².